The van der Waals surface area contributed by atoms with Crippen molar-refractivity contribution in [3.8, 4) is 0 Å². The van der Waals surface area contributed by atoms with E-state index in [9.17, 15) is 9.59 Å². The number of nitrogens with one attached hydrogen (secondary N) is 2. The molecule has 4 heterocycles. The van der Waals surface area contributed by atoms with Crippen LogP contribution < -0.4 is 10.6 Å². The summed E-state index contributed by atoms with van der Waals surface area (Å²) < 4.78 is 3.82. The lowest BCUT2D eigenvalue weighted by atomic mass is 9.92. The minimum atomic E-state index is -0.379. The molecule has 0 spiro atoms. The number of amides is 2. The van der Waals surface area contributed by atoms with Crippen LogP contribution in [-0.2, 0) is 23.2 Å². The maximum Gasteiger partial charge on any atom is 0.235 e. The zero-order valence-electron chi connectivity index (χ0n) is 17.1. The van der Waals surface area contributed by atoms with Crippen molar-refractivity contribution in [3.05, 3.63) is 47.4 Å². The van der Waals surface area contributed by atoms with Crippen molar-refractivity contribution in [2.24, 2.45) is 7.05 Å². The van der Waals surface area contributed by atoms with Crippen LogP contribution in [0.25, 0.3) is 10.9 Å². The van der Waals surface area contributed by atoms with Gasteiger partial charge in [0.1, 0.15) is 0 Å². The molecule has 1 aromatic carbocycles. The topological polar surface area (TPSA) is 93.8 Å². The Morgan fingerprint density at radius 3 is 2.80 bits per heavy atom. The number of hydrogen-bond acceptors (Lipinski definition) is 5. The van der Waals surface area contributed by atoms with E-state index in [1.54, 1.807) is 0 Å². The Bertz CT molecular complexity index is 1110. The molecule has 8 nitrogen and oxygen atoms in total. The number of piperidine rings is 2. The zero-order valence-corrected chi connectivity index (χ0v) is 17.1. The molecule has 0 radical (unpaired) electrons. The first-order valence-electron chi connectivity index (χ1n) is 10.6. The fraction of sp³-hybridized carbons (Fsp3) is 0.455. The van der Waals surface area contributed by atoms with Gasteiger partial charge in [0.2, 0.25) is 11.8 Å². The van der Waals surface area contributed by atoms with Gasteiger partial charge in [-0.1, -0.05) is 12.1 Å². The van der Waals surface area contributed by atoms with E-state index in [1.807, 2.05) is 28.7 Å². The number of carbonyl (C=O) groups is 2. The van der Waals surface area contributed by atoms with Gasteiger partial charge in [-0.05, 0) is 55.5 Å². The Kier molecular flexibility index (Phi) is 4.86. The van der Waals surface area contributed by atoms with Crippen LogP contribution in [0, 0.1) is 0 Å². The Morgan fingerprint density at radius 2 is 2.00 bits per heavy atom. The van der Waals surface area contributed by atoms with Crippen LogP contribution in [0.4, 0.5) is 0 Å². The summed E-state index contributed by atoms with van der Waals surface area (Å²) in [6, 6.07) is 6.23. The van der Waals surface area contributed by atoms with Crippen molar-refractivity contribution >= 4 is 22.7 Å². The molecular formula is C22H26N6O2. The Balaban J connectivity index is 1.38. The van der Waals surface area contributed by atoms with E-state index in [-0.39, 0.29) is 17.7 Å². The van der Waals surface area contributed by atoms with Gasteiger partial charge >= 0.3 is 0 Å². The quantitative estimate of drug-likeness (QED) is 0.645. The highest BCUT2D eigenvalue weighted by atomic mass is 16.2. The normalized spacial score (nSPS) is 20.6. The lowest BCUT2D eigenvalue weighted by molar-refractivity contribution is -0.134. The first kappa shape index (κ1) is 19.0. The molecule has 2 aromatic heterocycles. The van der Waals surface area contributed by atoms with Crippen LogP contribution in [0.15, 0.2) is 30.6 Å². The molecule has 2 N–H and O–H groups in total. The fourth-order valence-corrected chi connectivity index (χ4v) is 4.66. The molecule has 8 heteroatoms. The number of hydrogen-bond donors (Lipinski definition) is 2. The molecule has 1 atom stereocenters. The summed E-state index contributed by atoms with van der Waals surface area (Å²) >= 11 is 0. The van der Waals surface area contributed by atoms with Crippen molar-refractivity contribution in [3.63, 3.8) is 0 Å². The number of nitrogens with zero attached hydrogens (tertiary/aromatic N) is 4. The molecule has 156 valence electrons. The van der Waals surface area contributed by atoms with Gasteiger partial charge in [0, 0.05) is 25.1 Å². The minimum Gasteiger partial charge on any atom is -0.317 e. The van der Waals surface area contributed by atoms with E-state index in [1.165, 1.54) is 5.56 Å². The molecule has 2 aliphatic heterocycles. The van der Waals surface area contributed by atoms with Crippen LogP contribution in [0.3, 0.4) is 0 Å². The predicted octanol–water partition coefficient (Wildman–Crippen LogP) is 1.81. The first-order valence-corrected chi connectivity index (χ1v) is 10.6. The second kappa shape index (κ2) is 7.68. The third-order valence-corrected chi connectivity index (χ3v) is 6.32. The van der Waals surface area contributed by atoms with Gasteiger partial charge in [-0.15, -0.1) is 0 Å². The molecule has 5 rings (SSSR count). The summed E-state index contributed by atoms with van der Waals surface area (Å²) in [6.45, 7) is 2.84. The highest BCUT2D eigenvalue weighted by Crippen LogP contribution is 2.31. The molecule has 30 heavy (non-hydrogen) atoms. The van der Waals surface area contributed by atoms with E-state index < -0.39 is 0 Å². The van der Waals surface area contributed by atoms with E-state index in [4.69, 9.17) is 0 Å². The van der Waals surface area contributed by atoms with Crippen LogP contribution in [-0.4, -0.2) is 44.5 Å². The van der Waals surface area contributed by atoms with Gasteiger partial charge in [0.15, 0.2) is 0 Å². The Labute approximate surface area is 174 Å². The molecule has 2 aliphatic rings. The van der Waals surface area contributed by atoms with Gasteiger partial charge in [0.05, 0.1) is 29.9 Å². The average Bonchev–Trinajstić information content (AvgIpc) is 3.34. The largest absolute Gasteiger partial charge is 0.317 e. The van der Waals surface area contributed by atoms with Gasteiger partial charge in [-0.3, -0.25) is 24.3 Å². The summed E-state index contributed by atoms with van der Waals surface area (Å²) in [7, 11) is 1.89. The van der Waals surface area contributed by atoms with E-state index >= 15 is 0 Å². The molecule has 2 saturated heterocycles. The molecule has 3 aromatic rings. The fourth-order valence-electron chi connectivity index (χ4n) is 4.66. The van der Waals surface area contributed by atoms with Crippen molar-refractivity contribution in [1.29, 1.82) is 0 Å². The predicted molar refractivity (Wildman–Crippen MR) is 112 cm³/mol. The number of carbonyl (C=O) groups excluding carboxylic acids is 2. The van der Waals surface area contributed by atoms with Crippen molar-refractivity contribution in [2.45, 2.75) is 44.1 Å². The number of aryl methyl sites for hydroxylation is 1. The number of fused-ring (bicyclic) bond motifs is 1. The number of aromatic nitrogens is 4. The smallest absolute Gasteiger partial charge is 0.235 e. The SMILES string of the molecule is Cn1nc(C2CCC(=O)NC2=O)c2ccc(Cn3cc(C4CCNCC4)cn3)cc21. The summed E-state index contributed by atoms with van der Waals surface area (Å²) in [6.07, 6.45) is 7.35. The van der Waals surface area contributed by atoms with E-state index in [2.05, 4.69) is 39.2 Å². The van der Waals surface area contributed by atoms with Gasteiger partial charge in [-0.25, -0.2) is 0 Å². The second-order valence-corrected chi connectivity index (χ2v) is 8.36. The summed E-state index contributed by atoms with van der Waals surface area (Å²) in [5, 5.41) is 16.0. The number of rotatable bonds is 4. The zero-order chi connectivity index (χ0) is 20.7. The highest BCUT2D eigenvalue weighted by molar-refractivity contribution is 6.02. The minimum absolute atomic E-state index is 0.207. The Morgan fingerprint density at radius 1 is 1.17 bits per heavy atom. The molecule has 2 fully saturated rings. The second-order valence-electron chi connectivity index (χ2n) is 8.36. The van der Waals surface area contributed by atoms with Crippen molar-refractivity contribution < 1.29 is 9.59 Å². The van der Waals surface area contributed by atoms with Crippen LogP contribution in [0.2, 0.25) is 0 Å². The summed E-state index contributed by atoms with van der Waals surface area (Å²) in [5.74, 6) is -0.245. The highest BCUT2D eigenvalue weighted by Gasteiger charge is 2.31. The molecule has 2 amide bonds. The van der Waals surface area contributed by atoms with Gasteiger partial charge in [0.25, 0.3) is 0 Å². The molecule has 0 bridgehead atoms. The van der Waals surface area contributed by atoms with Gasteiger partial charge in [-0.2, -0.15) is 10.2 Å². The van der Waals surface area contributed by atoms with Crippen molar-refractivity contribution in [2.75, 3.05) is 13.1 Å². The van der Waals surface area contributed by atoms with E-state index in [0.717, 1.165) is 48.1 Å². The number of benzene rings is 1. The average molecular weight is 406 g/mol. The molecular weight excluding hydrogens is 380 g/mol. The first-order chi connectivity index (χ1) is 14.6. The van der Waals surface area contributed by atoms with Crippen LogP contribution in [0.1, 0.15) is 54.3 Å². The summed E-state index contributed by atoms with van der Waals surface area (Å²) in [4.78, 5) is 23.8. The van der Waals surface area contributed by atoms with Crippen LogP contribution in [0.5, 0.6) is 0 Å². The molecule has 0 saturated carbocycles. The van der Waals surface area contributed by atoms with Crippen molar-refractivity contribution in [1.82, 2.24) is 30.2 Å². The summed E-state index contributed by atoms with van der Waals surface area (Å²) in [5.41, 5.74) is 4.19. The van der Waals surface area contributed by atoms with Gasteiger partial charge < -0.3 is 5.32 Å². The number of imide groups is 1. The lowest BCUT2D eigenvalue weighted by Gasteiger charge is -2.21. The van der Waals surface area contributed by atoms with Crippen LogP contribution >= 0.6 is 0 Å². The van der Waals surface area contributed by atoms with E-state index in [0.29, 0.717) is 25.3 Å². The maximum atomic E-state index is 12.3. The third-order valence-electron chi connectivity index (χ3n) is 6.32. The monoisotopic (exact) mass is 406 g/mol. The lowest BCUT2D eigenvalue weighted by Crippen LogP contribution is -2.39. The maximum absolute atomic E-state index is 12.3. The standard InChI is InChI=1S/C22H26N6O2/c1-27-19-10-14(12-28-13-16(11-24-28)15-6-8-23-9-7-15)2-3-17(19)21(26-27)18-4-5-20(29)25-22(18)30/h2-3,10-11,13,15,18,23H,4-9,12H2,1H3,(H,25,29,30). The molecule has 1 unspecified atom stereocenters. The molecule has 0 aliphatic carbocycles. The third kappa shape index (κ3) is 3.52. The Hall–Kier alpha value is -3.00.